The molecule has 1 atom stereocenters. The monoisotopic (exact) mass is 237 g/mol. The summed E-state index contributed by atoms with van der Waals surface area (Å²) in [5.41, 5.74) is 2.14. The lowest BCUT2D eigenvalue weighted by Crippen LogP contribution is -2.28. The Kier molecular flexibility index (Phi) is 6.19. The van der Waals surface area contributed by atoms with E-state index in [0.717, 1.165) is 24.2 Å². The Bertz CT molecular complexity index is 328. The maximum Gasteiger partial charge on any atom is 0.0804 e. The molecule has 0 aliphatic heterocycles. The number of aliphatic hydroxyl groups excluding tert-OH is 2. The Morgan fingerprint density at radius 1 is 1.24 bits per heavy atom. The minimum Gasteiger partial charge on any atom is -0.395 e. The molecule has 0 spiro atoms. The summed E-state index contributed by atoms with van der Waals surface area (Å²) in [5, 5.41) is 19.0. The van der Waals surface area contributed by atoms with E-state index >= 15 is 0 Å². The molecule has 0 aliphatic rings. The number of rotatable bonds is 7. The highest BCUT2D eigenvalue weighted by molar-refractivity contribution is 5.27. The van der Waals surface area contributed by atoms with E-state index in [9.17, 15) is 5.11 Å². The van der Waals surface area contributed by atoms with Crippen molar-refractivity contribution in [3.63, 3.8) is 0 Å². The molecule has 17 heavy (non-hydrogen) atoms. The van der Waals surface area contributed by atoms with E-state index in [1.54, 1.807) is 0 Å². The van der Waals surface area contributed by atoms with E-state index < -0.39 is 6.10 Å². The topological polar surface area (TPSA) is 43.7 Å². The fraction of sp³-hybridized carbons (Fsp3) is 0.571. The molecule has 0 radical (unpaired) electrons. The first-order valence-electron chi connectivity index (χ1n) is 6.25. The third kappa shape index (κ3) is 4.46. The van der Waals surface area contributed by atoms with Crippen LogP contribution in [0.2, 0.25) is 0 Å². The molecule has 0 saturated heterocycles. The number of likely N-dealkylation sites (N-methyl/N-ethyl adjacent to an activating group) is 1. The van der Waals surface area contributed by atoms with Crippen LogP contribution in [0.15, 0.2) is 24.3 Å². The van der Waals surface area contributed by atoms with Crippen molar-refractivity contribution in [2.75, 3.05) is 26.2 Å². The largest absolute Gasteiger partial charge is 0.395 e. The zero-order valence-corrected chi connectivity index (χ0v) is 10.8. The molecule has 96 valence electrons. The maximum atomic E-state index is 10.1. The van der Waals surface area contributed by atoms with Gasteiger partial charge in [-0.05, 0) is 31.0 Å². The lowest BCUT2D eigenvalue weighted by molar-refractivity contribution is 0.133. The van der Waals surface area contributed by atoms with Crippen molar-refractivity contribution in [3.05, 3.63) is 35.4 Å². The quantitative estimate of drug-likeness (QED) is 0.759. The van der Waals surface area contributed by atoms with E-state index in [1.807, 2.05) is 31.2 Å². The molecular formula is C14H23NO2. The molecule has 1 aromatic rings. The number of hydrogen-bond acceptors (Lipinski definition) is 3. The van der Waals surface area contributed by atoms with Crippen LogP contribution in [0.1, 0.15) is 30.6 Å². The Hall–Kier alpha value is -0.900. The molecule has 0 heterocycles. The molecule has 0 bridgehead atoms. The standard InChI is InChI=1S/C14H23NO2/c1-3-15(10-11-16)9-8-14(17)13-7-5-4-6-12(13)2/h4-7,14,16-17H,3,8-11H2,1-2H3. The zero-order valence-electron chi connectivity index (χ0n) is 10.8. The van der Waals surface area contributed by atoms with Crippen molar-refractivity contribution in [1.82, 2.24) is 4.90 Å². The normalized spacial score (nSPS) is 13.0. The Labute approximate surface area is 104 Å². The van der Waals surface area contributed by atoms with Crippen molar-refractivity contribution >= 4 is 0 Å². The lowest BCUT2D eigenvalue weighted by Gasteiger charge is -2.21. The fourth-order valence-corrected chi connectivity index (χ4v) is 1.99. The average molecular weight is 237 g/mol. The van der Waals surface area contributed by atoms with Gasteiger partial charge in [0, 0.05) is 13.1 Å². The predicted octanol–water partition coefficient (Wildman–Crippen LogP) is 1.73. The second-order valence-electron chi connectivity index (χ2n) is 4.32. The van der Waals surface area contributed by atoms with Gasteiger partial charge in [0.25, 0.3) is 0 Å². The SMILES string of the molecule is CCN(CCO)CCC(O)c1ccccc1C. The van der Waals surface area contributed by atoms with E-state index in [1.165, 1.54) is 0 Å². The third-order valence-electron chi connectivity index (χ3n) is 3.13. The molecular weight excluding hydrogens is 214 g/mol. The maximum absolute atomic E-state index is 10.1. The lowest BCUT2D eigenvalue weighted by atomic mass is 10.0. The summed E-state index contributed by atoms with van der Waals surface area (Å²) < 4.78 is 0. The molecule has 0 saturated carbocycles. The van der Waals surface area contributed by atoms with Gasteiger partial charge < -0.3 is 15.1 Å². The second kappa shape index (κ2) is 7.43. The van der Waals surface area contributed by atoms with Crippen molar-refractivity contribution in [1.29, 1.82) is 0 Å². The summed E-state index contributed by atoms with van der Waals surface area (Å²) in [6, 6.07) is 7.93. The number of aliphatic hydroxyl groups is 2. The van der Waals surface area contributed by atoms with Crippen LogP contribution in [-0.2, 0) is 0 Å². The van der Waals surface area contributed by atoms with Crippen LogP contribution < -0.4 is 0 Å². The van der Waals surface area contributed by atoms with Gasteiger partial charge in [-0.15, -0.1) is 0 Å². The number of hydrogen-bond donors (Lipinski definition) is 2. The molecule has 1 rings (SSSR count). The minimum atomic E-state index is -0.413. The van der Waals surface area contributed by atoms with Crippen molar-refractivity contribution in [3.8, 4) is 0 Å². The van der Waals surface area contributed by atoms with Gasteiger partial charge in [-0.2, -0.15) is 0 Å². The minimum absolute atomic E-state index is 0.175. The van der Waals surface area contributed by atoms with E-state index in [4.69, 9.17) is 5.11 Å². The van der Waals surface area contributed by atoms with Crippen LogP contribution in [0.4, 0.5) is 0 Å². The van der Waals surface area contributed by atoms with Gasteiger partial charge in [0.15, 0.2) is 0 Å². The van der Waals surface area contributed by atoms with Crippen molar-refractivity contribution in [2.45, 2.75) is 26.4 Å². The number of aryl methyl sites for hydroxylation is 1. The Balaban J connectivity index is 2.49. The second-order valence-corrected chi connectivity index (χ2v) is 4.32. The van der Waals surface area contributed by atoms with Crippen LogP contribution in [-0.4, -0.2) is 41.4 Å². The van der Waals surface area contributed by atoms with Gasteiger partial charge in [0.1, 0.15) is 0 Å². The first kappa shape index (κ1) is 14.2. The van der Waals surface area contributed by atoms with E-state index in [-0.39, 0.29) is 6.61 Å². The summed E-state index contributed by atoms with van der Waals surface area (Å²) in [7, 11) is 0. The smallest absolute Gasteiger partial charge is 0.0804 e. The summed E-state index contributed by atoms with van der Waals surface area (Å²) in [6.07, 6.45) is 0.294. The highest BCUT2D eigenvalue weighted by atomic mass is 16.3. The molecule has 0 aromatic heterocycles. The molecule has 0 fully saturated rings. The van der Waals surface area contributed by atoms with Crippen LogP contribution in [0.3, 0.4) is 0 Å². The van der Waals surface area contributed by atoms with Gasteiger partial charge in [-0.3, -0.25) is 0 Å². The van der Waals surface area contributed by atoms with Gasteiger partial charge in [-0.25, -0.2) is 0 Å². The molecule has 0 amide bonds. The zero-order chi connectivity index (χ0) is 12.7. The molecule has 0 aliphatic carbocycles. The summed E-state index contributed by atoms with van der Waals surface area (Å²) in [5.74, 6) is 0. The molecule has 1 aromatic carbocycles. The number of benzene rings is 1. The van der Waals surface area contributed by atoms with Gasteiger partial charge in [-0.1, -0.05) is 31.2 Å². The molecule has 3 nitrogen and oxygen atoms in total. The Morgan fingerprint density at radius 3 is 2.53 bits per heavy atom. The fourth-order valence-electron chi connectivity index (χ4n) is 1.99. The average Bonchev–Trinajstić information content (AvgIpc) is 2.34. The third-order valence-corrected chi connectivity index (χ3v) is 3.13. The van der Waals surface area contributed by atoms with Crippen molar-refractivity contribution < 1.29 is 10.2 Å². The van der Waals surface area contributed by atoms with E-state index in [2.05, 4.69) is 11.8 Å². The van der Waals surface area contributed by atoms with Crippen LogP contribution in [0, 0.1) is 6.92 Å². The predicted molar refractivity (Wildman–Crippen MR) is 70.0 cm³/mol. The van der Waals surface area contributed by atoms with Crippen molar-refractivity contribution in [2.24, 2.45) is 0 Å². The van der Waals surface area contributed by atoms with E-state index in [0.29, 0.717) is 13.0 Å². The summed E-state index contributed by atoms with van der Waals surface area (Å²) in [6.45, 7) is 6.65. The first-order chi connectivity index (χ1) is 8.19. The van der Waals surface area contributed by atoms with Crippen LogP contribution in [0.25, 0.3) is 0 Å². The van der Waals surface area contributed by atoms with Gasteiger partial charge >= 0.3 is 0 Å². The first-order valence-corrected chi connectivity index (χ1v) is 6.25. The summed E-state index contributed by atoms with van der Waals surface area (Å²) in [4.78, 5) is 2.14. The molecule has 3 heteroatoms. The van der Waals surface area contributed by atoms with Crippen LogP contribution >= 0.6 is 0 Å². The highest BCUT2D eigenvalue weighted by Crippen LogP contribution is 2.20. The highest BCUT2D eigenvalue weighted by Gasteiger charge is 2.11. The Morgan fingerprint density at radius 2 is 1.94 bits per heavy atom. The van der Waals surface area contributed by atoms with Gasteiger partial charge in [0.2, 0.25) is 0 Å². The molecule has 2 N–H and O–H groups in total. The summed E-state index contributed by atoms with van der Waals surface area (Å²) >= 11 is 0. The van der Waals surface area contributed by atoms with Gasteiger partial charge in [0.05, 0.1) is 12.7 Å². The number of nitrogens with zero attached hydrogens (tertiary/aromatic N) is 1. The van der Waals surface area contributed by atoms with Crippen LogP contribution in [0.5, 0.6) is 0 Å². The molecule has 1 unspecified atom stereocenters.